The van der Waals surface area contributed by atoms with Gasteiger partial charge >= 0.3 is 6.03 Å². The number of anilines is 1. The zero-order valence-electron chi connectivity index (χ0n) is 11.5. The molecule has 2 amide bonds. The highest BCUT2D eigenvalue weighted by Gasteiger charge is 2.32. The van der Waals surface area contributed by atoms with Crippen molar-refractivity contribution in [3.8, 4) is 0 Å². The van der Waals surface area contributed by atoms with Crippen molar-refractivity contribution in [2.24, 2.45) is 0 Å². The summed E-state index contributed by atoms with van der Waals surface area (Å²) < 4.78 is 5.65. The Bertz CT molecular complexity index is 659. The van der Waals surface area contributed by atoms with Crippen molar-refractivity contribution < 1.29 is 9.21 Å². The molecule has 0 spiro atoms. The number of aryl methyl sites for hydroxylation is 1. The summed E-state index contributed by atoms with van der Waals surface area (Å²) in [6, 6.07) is 10.8. The number of urea groups is 1. The Morgan fingerprint density at radius 2 is 2.29 bits per heavy atom. The van der Waals surface area contributed by atoms with Crippen molar-refractivity contribution in [1.82, 2.24) is 4.90 Å². The van der Waals surface area contributed by atoms with E-state index in [1.54, 1.807) is 28.8 Å². The molecule has 1 fully saturated rings. The fourth-order valence-electron chi connectivity index (χ4n) is 2.26. The fourth-order valence-corrected chi connectivity index (χ4v) is 3.65. The van der Waals surface area contributed by atoms with Crippen LogP contribution in [-0.2, 0) is 0 Å². The average molecular weight is 323 g/mol. The van der Waals surface area contributed by atoms with Gasteiger partial charge in [-0.15, -0.1) is 11.8 Å². The number of nitrogens with zero attached hydrogens (tertiary/aromatic N) is 1. The maximum absolute atomic E-state index is 12.4. The Balaban J connectivity index is 1.74. The number of nitrogens with one attached hydrogen (secondary N) is 1. The van der Waals surface area contributed by atoms with Gasteiger partial charge in [0.25, 0.3) is 0 Å². The van der Waals surface area contributed by atoms with Crippen LogP contribution in [-0.4, -0.2) is 23.2 Å². The molecule has 0 bridgehead atoms. The van der Waals surface area contributed by atoms with E-state index in [4.69, 9.17) is 16.0 Å². The monoisotopic (exact) mass is 322 g/mol. The lowest BCUT2D eigenvalue weighted by Gasteiger charge is -2.22. The van der Waals surface area contributed by atoms with Gasteiger partial charge in [-0.1, -0.05) is 17.7 Å². The van der Waals surface area contributed by atoms with Crippen LogP contribution in [0, 0.1) is 6.92 Å². The molecular weight excluding hydrogens is 308 g/mol. The highest BCUT2D eigenvalue weighted by molar-refractivity contribution is 7.99. The largest absolute Gasteiger partial charge is 0.463 e. The second-order valence-corrected chi connectivity index (χ2v) is 6.43. The molecule has 21 heavy (non-hydrogen) atoms. The topological polar surface area (TPSA) is 45.5 Å². The summed E-state index contributed by atoms with van der Waals surface area (Å²) in [6.07, 6.45) is 0. The van der Waals surface area contributed by atoms with E-state index in [2.05, 4.69) is 5.32 Å². The third kappa shape index (κ3) is 3.19. The van der Waals surface area contributed by atoms with Crippen molar-refractivity contribution in [3.63, 3.8) is 0 Å². The van der Waals surface area contributed by atoms with Crippen LogP contribution in [0.5, 0.6) is 0 Å². The minimum absolute atomic E-state index is 0.0714. The van der Waals surface area contributed by atoms with E-state index >= 15 is 0 Å². The number of hydrogen-bond donors (Lipinski definition) is 1. The van der Waals surface area contributed by atoms with Crippen molar-refractivity contribution in [3.05, 3.63) is 52.9 Å². The summed E-state index contributed by atoms with van der Waals surface area (Å²) in [5, 5.41) is 3.41. The zero-order chi connectivity index (χ0) is 14.8. The summed E-state index contributed by atoms with van der Waals surface area (Å²) >= 11 is 7.64. The number of carbonyl (C=O) groups excluding carboxylic acids is 1. The minimum Gasteiger partial charge on any atom is -0.463 e. The van der Waals surface area contributed by atoms with Crippen LogP contribution in [0.25, 0.3) is 0 Å². The third-order valence-corrected chi connectivity index (χ3v) is 4.69. The molecule has 6 heteroatoms. The van der Waals surface area contributed by atoms with Gasteiger partial charge in [-0.05, 0) is 37.3 Å². The molecule has 0 aliphatic carbocycles. The predicted molar refractivity (Wildman–Crippen MR) is 85.8 cm³/mol. The molecule has 1 aliphatic heterocycles. The van der Waals surface area contributed by atoms with Gasteiger partial charge in [-0.2, -0.15) is 0 Å². The molecule has 1 atom stereocenters. The summed E-state index contributed by atoms with van der Waals surface area (Å²) in [7, 11) is 0. The molecule has 3 rings (SSSR count). The van der Waals surface area contributed by atoms with Crippen molar-refractivity contribution in [2.75, 3.05) is 17.6 Å². The molecular formula is C15H15ClN2O2S. The molecule has 110 valence electrons. The molecule has 1 aromatic carbocycles. The minimum atomic E-state index is -0.138. The summed E-state index contributed by atoms with van der Waals surface area (Å²) in [6.45, 7) is 2.60. The third-order valence-electron chi connectivity index (χ3n) is 3.23. The van der Waals surface area contributed by atoms with Gasteiger partial charge in [0.1, 0.15) is 16.9 Å². The van der Waals surface area contributed by atoms with Crippen molar-refractivity contribution in [1.29, 1.82) is 0 Å². The first kappa shape index (κ1) is 14.4. The molecule has 2 heterocycles. The normalized spacial score (nSPS) is 18.0. The van der Waals surface area contributed by atoms with Crippen molar-refractivity contribution in [2.45, 2.75) is 12.3 Å². The van der Waals surface area contributed by atoms with Gasteiger partial charge in [0.05, 0.1) is 0 Å². The predicted octanol–water partition coefficient (Wildman–Crippen LogP) is 4.52. The molecule has 0 unspecified atom stereocenters. The van der Waals surface area contributed by atoms with E-state index in [0.29, 0.717) is 17.3 Å². The molecule has 0 radical (unpaired) electrons. The number of amides is 2. The first-order chi connectivity index (χ1) is 10.1. The number of rotatable bonds is 2. The van der Waals surface area contributed by atoms with Gasteiger partial charge in [0.15, 0.2) is 0 Å². The Morgan fingerprint density at radius 1 is 1.43 bits per heavy atom. The Kier molecular flexibility index (Phi) is 4.12. The average Bonchev–Trinajstić information content (AvgIpc) is 3.06. The number of halogens is 1. The van der Waals surface area contributed by atoms with Crippen LogP contribution < -0.4 is 5.32 Å². The number of furan rings is 1. The molecule has 4 nitrogen and oxygen atoms in total. The lowest BCUT2D eigenvalue weighted by molar-refractivity contribution is 0.209. The molecule has 1 saturated heterocycles. The molecule has 2 aromatic rings. The SMILES string of the molecule is Cc1ccc([C@@H]2SCCN2C(=O)Nc2cccc(Cl)c2)o1. The first-order valence-corrected chi connectivity index (χ1v) is 8.07. The maximum Gasteiger partial charge on any atom is 0.323 e. The summed E-state index contributed by atoms with van der Waals surface area (Å²) in [5.74, 6) is 2.57. The summed E-state index contributed by atoms with van der Waals surface area (Å²) in [5.41, 5.74) is 0.693. The number of hydrogen-bond acceptors (Lipinski definition) is 3. The Morgan fingerprint density at radius 3 is 3.00 bits per heavy atom. The van der Waals surface area contributed by atoms with Crippen LogP contribution >= 0.6 is 23.4 Å². The lowest BCUT2D eigenvalue weighted by atomic mass is 10.3. The number of thioether (sulfide) groups is 1. The Hall–Kier alpha value is -1.59. The van der Waals surface area contributed by atoms with E-state index in [9.17, 15) is 4.79 Å². The van der Waals surface area contributed by atoms with Gasteiger partial charge < -0.3 is 14.6 Å². The second kappa shape index (κ2) is 6.03. The van der Waals surface area contributed by atoms with Crippen LogP contribution in [0.15, 0.2) is 40.8 Å². The van der Waals surface area contributed by atoms with Gasteiger partial charge in [0.2, 0.25) is 0 Å². The Labute approximate surface area is 132 Å². The second-order valence-electron chi connectivity index (χ2n) is 4.81. The standard InChI is InChI=1S/C15H15ClN2O2S/c1-10-5-6-13(20-10)14-18(7-8-21-14)15(19)17-12-4-2-3-11(16)9-12/h2-6,9,14H,7-8H2,1H3,(H,17,19)/t14-/m0/s1. The van der Waals surface area contributed by atoms with E-state index in [0.717, 1.165) is 17.3 Å². The van der Waals surface area contributed by atoms with Crippen LogP contribution in [0.4, 0.5) is 10.5 Å². The maximum atomic E-state index is 12.4. The first-order valence-electron chi connectivity index (χ1n) is 6.64. The molecule has 1 aliphatic rings. The summed E-state index contributed by atoms with van der Waals surface area (Å²) in [4.78, 5) is 14.2. The van der Waals surface area contributed by atoms with Gasteiger partial charge in [-0.25, -0.2) is 4.79 Å². The van der Waals surface area contributed by atoms with Crippen LogP contribution in [0.2, 0.25) is 5.02 Å². The van der Waals surface area contributed by atoms with E-state index in [-0.39, 0.29) is 11.4 Å². The molecule has 1 aromatic heterocycles. The zero-order valence-corrected chi connectivity index (χ0v) is 13.1. The number of carbonyl (C=O) groups is 1. The lowest BCUT2D eigenvalue weighted by Crippen LogP contribution is -2.34. The van der Waals surface area contributed by atoms with Crippen molar-refractivity contribution >= 4 is 35.1 Å². The van der Waals surface area contributed by atoms with Gasteiger partial charge in [-0.3, -0.25) is 0 Å². The van der Waals surface area contributed by atoms with Gasteiger partial charge in [0, 0.05) is 23.0 Å². The van der Waals surface area contributed by atoms with Crippen LogP contribution in [0.3, 0.4) is 0 Å². The highest BCUT2D eigenvalue weighted by Crippen LogP contribution is 2.38. The van der Waals surface area contributed by atoms with E-state index in [1.807, 2.05) is 31.2 Å². The smallest absolute Gasteiger partial charge is 0.323 e. The number of benzene rings is 1. The van der Waals surface area contributed by atoms with E-state index < -0.39 is 0 Å². The molecule has 1 N–H and O–H groups in total. The van der Waals surface area contributed by atoms with E-state index in [1.165, 1.54) is 0 Å². The van der Waals surface area contributed by atoms with Crippen LogP contribution in [0.1, 0.15) is 16.9 Å². The molecule has 0 saturated carbocycles. The fraction of sp³-hybridized carbons (Fsp3) is 0.267. The highest BCUT2D eigenvalue weighted by atomic mass is 35.5. The quantitative estimate of drug-likeness (QED) is 0.884.